The van der Waals surface area contributed by atoms with Crippen molar-refractivity contribution >= 4 is 53.2 Å². The Balaban J connectivity index is 2.08. The molecule has 0 saturated heterocycles. The average Bonchev–Trinajstić information content (AvgIpc) is 3.21. The van der Waals surface area contributed by atoms with E-state index in [-0.39, 0.29) is 31.1 Å². The van der Waals surface area contributed by atoms with Crippen molar-refractivity contribution in [1.82, 2.24) is 37.2 Å². The summed E-state index contributed by atoms with van der Waals surface area (Å²) >= 11 is 0. The number of amides is 8. The molecule has 0 heterocycles. The van der Waals surface area contributed by atoms with Gasteiger partial charge in [0.05, 0.1) is 13.1 Å². The van der Waals surface area contributed by atoms with Crippen molar-refractivity contribution in [2.24, 2.45) is 23.5 Å². The molecule has 0 saturated carbocycles. The molecule has 2 aromatic carbocycles. The zero-order valence-corrected chi connectivity index (χ0v) is 35.5. The predicted molar refractivity (Wildman–Crippen MR) is 226 cm³/mol. The minimum atomic E-state index is -1.26. The van der Waals surface area contributed by atoms with E-state index in [1.807, 2.05) is 20.8 Å². The van der Waals surface area contributed by atoms with Crippen LogP contribution in [-0.2, 0) is 56.0 Å². The summed E-state index contributed by atoms with van der Waals surface area (Å²) in [7, 11) is 0. The van der Waals surface area contributed by atoms with E-state index in [1.165, 1.54) is 0 Å². The molecule has 10 N–H and O–H groups in total. The molecule has 2 aromatic rings. The van der Waals surface area contributed by atoms with E-state index < -0.39 is 102 Å². The van der Waals surface area contributed by atoms with Gasteiger partial charge >= 0.3 is 5.97 Å². The molecular weight excluding hydrogens is 789 g/mol. The Morgan fingerprint density at radius 2 is 1.10 bits per heavy atom. The summed E-state index contributed by atoms with van der Waals surface area (Å²) in [6.45, 7) is 9.59. The highest BCUT2D eigenvalue weighted by atomic mass is 16.4. The standard InChI is InChI=1S/C43H60N8O10/c1-7-27(6)38(42(59)49-30(20-25(2)3)40(57)50-37(26(4)5)39(44)56)51-41(58)31(21-28-14-10-8-11-15-28)47-34(53)19-18-33(52)45-23-35(54)46-24-36(55)48-32(43(60)61)22-29-16-12-9-13-17-29/h8-19,25-27,30-32,37-38H,7,20-24H2,1-6H3,(H2,44,56)(H,45,52)(H,46,54)(H,47,53)(H,48,55)(H,49,59)(H,50,57)(H,51,58)(H,60,61). The van der Waals surface area contributed by atoms with E-state index in [4.69, 9.17) is 5.73 Å². The fraction of sp³-hybridized carbons (Fsp3) is 0.465. The van der Waals surface area contributed by atoms with Crippen LogP contribution in [0, 0.1) is 17.8 Å². The van der Waals surface area contributed by atoms with Crippen molar-refractivity contribution < 1.29 is 48.3 Å². The highest BCUT2D eigenvalue weighted by Gasteiger charge is 2.34. The lowest BCUT2D eigenvalue weighted by molar-refractivity contribution is -0.141. The van der Waals surface area contributed by atoms with Crippen LogP contribution in [0.2, 0.25) is 0 Å². The van der Waals surface area contributed by atoms with Crippen LogP contribution in [0.4, 0.5) is 0 Å². The summed E-state index contributed by atoms with van der Waals surface area (Å²) in [6, 6.07) is 11.8. The Labute approximate surface area is 356 Å². The molecule has 6 atom stereocenters. The van der Waals surface area contributed by atoms with Crippen LogP contribution in [-0.4, -0.2) is 102 Å². The summed E-state index contributed by atoms with van der Waals surface area (Å²) in [5, 5.41) is 27.0. The Bertz CT molecular complexity index is 1860. The topological polar surface area (TPSA) is 284 Å². The number of nitrogens with two attached hydrogens (primary N) is 1. The first-order valence-electron chi connectivity index (χ1n) is 20.1. The summed E-state index contributed by atoms with van der Waals surface area (Å²) in [6.07, 6.45) is 2.40. The Morgan fingerprint density at radius 3 is 1.61 bits per heavy atom. The predicted octanol–water partition coefficient (Wildman–Crippen LogP) is 0.00250. The second kappa shape index (κ2) is 25.8. The van der Waals surface area contributed by atoms with E-state index in [9.17, 15) is 48.3 Å². The smallest absolute Gasteiger partial charge is 0.326 e. The number of aliphatic carboxylic acids is 1. The quantitative estimate of drug-likeness (QED) is 0.0604. The van der Waals surface area contributed by atoms with Crippen molar-refractivity contribution in [3.8, 4) is 0 Å². The van der Waals surface area contributed by atoms with Gasteiger partial charge in [0.25, 0.3) is 0 Å². The number of hydrogen-bond acceptors (Lipinski definition) is 9. The summed E-state index contributed by atoms with van der Waals surface area (Å²) in [4.78, 5) is 115. The maximum Gasteiger partial charge on any atom is 0.326 e. The van der Waals surface area contributed by atoms with Crippen LogP contribution in [0.3, 0.4) is 0 Å². The number of rotatable bonds is 25. The van der Waals surface area contributed by atoms with Crippen LogP contribution >= 0.6 is 0 Å². The number of benzene rings is 2. The molecule has 0 bridgehead atoms. The highest BCUT2D eigenvalue weighted by molar-refractivity contribution is 6.00. The molecule has 332 valence electrons. The third kappa shape index (κ3) is 18.9. The largest absolute Gasteiger partial charge is 0.480 e. The van der Waals surface area contributed by atoms with Gasteiger partial charge in [0.2, 0.25) is 47.3 Å². The SMILES string of the molecule is CCC(C)C(NC(=O)C(Cc1ccccc1)NC(=O)C=CC(=O)NCC(=O)NCC(=O)NC(Cc1ccccc1)C(=O)O)C(=O)NC(CC(C)C)C(=O)NC(C(N)=O)C(C)C. The molecule has 2 rings (SSSR count). The number of nitrogens with one attached hydrogen (secondary N) is 7. The molecule has 8 amide bonds. The molecular formula is C43H60N8O10. The van der Waals surface area contributed by atoms with Gasteiger partial charge in [-0.2, -0.15) is 0 Å². The fourth-order valence-electron chi connectivity index (χ4n) is 5.93. The number of carbonyl (C=O) groups excluding carboxylic acids is 8. The van der Waals surface area contributed by atoms with Gasteiger partial charge < -0.3 is 48.1 Å². The monoisotopic (exact) mass is 848 g/mol. The first-order chi connectivity index (χ1) is 28.8. The fourth-order valence-corrected chi connectivity index (χ4v) is 5.93. The van der Waals surface area contributed by atoms with Gasteiger partial charge in [-0.3, -0.25) is 38.4 Å². The molecule has 0 radical (unpaired) electrons. The lowest BCUT2D eigenvalue weighted by Crippen LogP contribution is -2.60. The van der Waals surface area contributed by atoms with Crippen molar-refractivity contribution in [2.75, 3.05) is 13.1 Å². The zero-order chi connectivity index (χ0) is 45.6. The number of primary amides is 1. The van der Waals surface area contributed by atoms with E-state index in [0.717, 1.165) is 12.2 Å². The second-order valence-electron chi connectivity index (χ2n) is 15.4. The highest BCUT2D eigenvalue weighted by Crippen LogP contribution is 2.13. The van der Waals surface area contributed by atoms with E-state index >= 15 is 0 Å². The first-order valence-corrected chi connectivity index (χ1v) is 20.1. The van der Waals surface area contributed by atoms with Gasteiger partial charge in [-0.05, 0) is 35.3 Å². The van der Waals surface area contributed by atoms with E-state index in [1.54, 1.807) is 81.4 Å². The number of carboxylic acids is 1. The molecule has 61 heavy (non-hydrogen) atoms. The lowest BCUT2D eigenvalue weighted by Gasteiger charge is -2.29. The van der Waals surface area contributed by atoms with Gasteiger partial charge in [-0.1, -0.05) is 109 Å². The maximum absolute atomic E-state index is 13.9. The number of hydrogen-bond donors (Lipinski definition) is 9. The van der Waals surface area contributed by atoms with E-state index in [2.05, 4.69) is 37.2 Å². The number of carboxylic acid groups (broad SMARTS) is 1. The molecule has 0 aliphatic heterocycles. The third-order valence-corrected chi connectivity index (χ3v) is 9.49. The van der Waals surface area contributed by atoms with Gasteiger partial charge in [-0.15, -0.1) is 0 Å². The number of carbonyl (C=O) groups is 9. The molecule has 0 aromatic heterocycles. The lowest BCUT2D eigenvalue weighted by atomic mass is 9.95. The normalized spacial score (nSPS) is 14.0. The molecule has 0 aliphatic rings. The Morgan fingerprint density at radius 1 is 0.590 bits per heavy atom. The van der Waals surface area contributed by atoms with Gasteiger partial charge in [0.15, 0.2) is 0 Å². The van der Waals surface area contributed by atoms with Crippen LogP contribution in [0.15, 0.2) is 72.8 Å². The van der Waals surface area contributed by atoms with Crippen LogP contribution < -0.4 is 43.0 Å². The summed E-state index contributed by atoms with van der Waals surface area (Å²) < 4.78 is 0. The van der Waals surface area contributed by atoms with Crippen molar-refractivity contribution in [2.45, 2.75) is 97.4 Å². The molecule has 0 aliphatic carbocycles. The second-order valence-corrected chi connectivity index (χ2v) is 15.4. The zero-order valence-electron chi connectivity index (χ0n) is 35.5. The minimum absolute atomic E-state index is 0.00258. The van der Waals surface area contributed by atoms with Gasteiger partial charge in [0.1, 0.15) is 30.2 Å². The minimum Gasteiger partial charge on any atom is -0.480 e. The average molecular weight is 849 g/mol. The summed E-state index contributed by atoms with van der Waals surface area (Å²) in [5.74, 6) is -7.95. The van der Waals surface area contributed by atoms with E-state index in [0.29, 0.717) is 17.5 Å². The molecule has 18 nitrogen and oxygen atoms in total. The third-order valence-electron chi connectivity index (χ3n) is 9.49. The Hall–Kier alpha value is -6.59. The molecule has 0 spiro atoms. The maximum atomic E-state index is 13.9. The van der Waals surface area contributed by atoms with Gasteiger partial charge in [0, 0.05) is 25.0 Å². The Kier molecular flexibility index (Phi) is 21.4. The summed E-state index contributed by atoms with van der Waals surface area (Å²) in [5.41, 5.74) is 6.86. The van der Waals surface area contributed by atoms with Crippen molar-refractivity contribution in [3.05, 3.63) is 83.9 Å². The van der Waals surface area contributed by atoms with Crippen LogP contribution in [0.1, 0.15) is 65.5 Å². The van der Waals surface area contributed by atoms with Crippen LogP contribution in [0.5, 0.6) is 0 Å². The van der Waals surface area contributed by atoms with Crippen molar-refractivity contribution in [1.29, 1.82) is 0 Å². The first kappa shape index (κ1) is 50.6. The molecule has 0 fully saturated rings. The van der Waals surface area contributed by atoms with Gasteiger partial charge in [-0.25, -0.2) is 4.79 Å². The molecule has 6 unspecified atom stereocenters. The van der Waals surface area contributed by atoms with Crippen LogP contribution in [0.25, 0.3) is 0 Å². The molecule has 18 heteroatoms. The van der Waals surface area contributed by atoms with Crippen molar-refractivity contribution in [3.63, 3.8) is 0 Å².